The number of nitrogens with one attached hydrogen (secondary N) is 1. The zero-order chi connectivity index (χ0) is 17.6. The zero-order valence-electron chi connectivity index (χ0n) is 13.6. The second-order valence-corrected chi connectivity index (χ2v) is 5.30. The number of ether oxygens (including phenoxy) is 4. The maximum atomic E-state index is 11.9. The Hall–Kier alpha value is -3.22. The fraction of sp³-hybridized carbons (Fsp3) is 0.222. The van der Waals surface area contributed by atoms with Crippen molar-refractivity contribution in [1.29, 1.82) is 0 Å². The van der Waals surface area contributed by atoms with Crippen molar-refractivity contribution in [2.75, 3.05) is 18.7 Å². The number of hydrogen-bond acceptors (Lipinski definition) is 6. The molecule has 7 heteroatoms. The number of para-hydroxylation sites is 1. The number of hydrogen-bond donors (Lipinski definition) is 1. The largest absolute Gasteiger partial charge is 0.479 e. The van der Waals surface area contributed by atoms with Crippen LogP contribution in [0.3, 0.4) is 0 Å². The first-order chi connectivity index (χ1) is 12.1. The van der Waals surface area contributed by atoms with E-state index in [1.165, 1.54) is 0 Å². The van der Waals surface area contributed by atoms with Gasteiger partial charge in [0.2, 0.25) is 6.79 Å². The van der Waals surface area contributed by atoms with Crippen molar-refractivity contribution in [3.63, 3.8) is 0 Å². The van der Waals surface area contributed by atoms with Crippen molar-refractivity contribution >= 4 is 17.6 Å². The molecule has 1 heterocycles. The molecule has 0 spiro atoms. The fourth-order valence-electron chi connectivity index (χ4n) is 2.18. The summed E-state index contributed by atoms with van der Waals surface area (Å²) in [7, 11) is 0. The van der Waals surface area contributed by atoms with Gasteiger partial charge in [-0.1, -0.05) is 18.2 Å². The fourth-order valence-corrected chi connectivity index (χ4v) is 2.18. The summed E-state index contributed by atoms with van der Waals surface area (Å²) in [6.45, 7) is 1.31. The number of anilines is 1. The van der Waals surface area contributed by atoms with Gasteiger partial charge in [-0.05, 0) is 31.2 Å². The Labute approximate surface area is 144 Å². The molecule has 0 aromatic heterocycles. The van der Waals surface area contributed by atoms with Crippen molar-refractivity contribution in [2.45, 2.75) is 13.0 Å². The van der Waals surface area contributed by atoms with Crippen LogP contribution in [0, 0.1) is 0 Å². The molecule has 1 aliphatic heterocycles. The number of carbonyl (C=O) groups is 2. The summed E-state index contributed by atoms with van der Waals surface area (Å²) in [5, 5.41) is 2.62. The van der Waals surface area contributed by atoms with Crippen LogP contribution in [0.4, 0.5) is 5.69 Å². The summed E-state index contributed by atoms with van der Waals surface area (Å²) in [4.78, 5) is 23.8. The Balaban J connectivity index is 1.46. The average Bonchev–Trinajstić information content (AvgIpc) is 3.08. The molecule has 0 bridgehead atoms. The minimum absolute atomic E-state index is 0.156. The lowest BCUT2D eigenvalue weighted by atomic mass is 10.3. The molecule has 2 aromatic rings. The predicted octanol–water partition coefficient (Wildman–Crippen LogP) is 2.36. The molecule has 2 aromatic carbocycles. The number of esters is 1. The number of benzene rings is 2. The van der Waals surface area contributed by atoms with Crippen LogP contribution in [0.5, 0.6) is 17.2 Å². The Kier molecular flexibility index (Phi) is 5.03. The van der Waals surface area contributed by atoms with Gasteiger partial charge in [0.25, 0.3) is 5.91 Å². The lowest BCUT2D eigenvalue weighted by molar-refractivity contribution is -0.153. The minimum Gasteiger partial charge on any atom is -0.479 e. The molecule has 3 rings (SSSR count). The molecule has 0 unspecified atom stereocenters. The van der Waals surface area contributed by atoms with Gasteiger partial charge in [0.05, 0.1) is 0 Å². The molecule has 0 aliphatic carbocycles. The molecule has 1 amide bonds. The lowest BCUT2D eigenvalue weighted by Gasteiger charge is -2.14. The topological polar surface area (TPSA) is 83.1 Å². The highest BCUT2D eigenvalue weighted by Gasteiger charge is 2.18. The zero-order valence-corrected chi connectivity index (χ0v) is 13.6. The summed E-state index contributed by atoms with van der Waals surface area (Å²) in [5.74, 6) is 0.650. The third kappa shape index (κ3) is 4.41. The van der Waals surface area contributed by atoms with Crippen LogP contribution in [0.25, 0.3) is 0 Å². The van der Waals surface area contributed by atoms with E-state index in [0.717, 1.165) is 0 Å². The highest BCUT2D eigenvalue weighted by molar-refractivity contribution is 5.93. The molecular formula is C18H17NO6. The summed E-state index contributed by atoms with van der Waals surface area (Å²) in [5.41, 5.74) is 0.527. The van der Waals surface area contributed by atoms with Crippen LogP contribution in [0.15, 0.2) is 48.5 Å². The second kappa shape index (κ2) is 7.57. The molecule has 1 aliphatic rings. The molecule has 0 fully saturated rings. The highest BCUT2D eigenvalue weighted by atomic mass is 16.7. The molecule has 0 radical (unpaired) electrons. The third-order valence-corrected chi connectivity index (χ3v) is 3.39. The maximum absolute atomic E-state index is 11.9. The third-order valence-electron chi connectivity index (χ3n) is 3.39. The Bertz CT molecular complexity index is 761. The van der Waals surface area contributed by atoms with Crippen LogP contribution >= 0.6 is 0 Å². The number of amides is 1. The first kappa shape index (κ1) is 16.6. The summed E-state index contributed by atoms with van der Waals surface area (Å²) >= 11 is 0. The molecule has 1 atom stereocenters. The Morgan fingerprint density at radius 3 is 2.68 bits per heavy atom. The van der Waals surface area contributed by atoms with E-state index in [2.05, 4.69) is 5.32 Å². The van der Waals surface area contributed by atoms with E-state index >= 15 is 0 Å². The van der Waals surface area contributed by atoms with Crippen LogP contribution in [0.2, 0.25) is 0 Å². The average molecular weight is 343 g/mol. The van der Waals surface area contributed by atoms with Crippen LogP contribution in [-0.4, -0.2) is 31.4 Å². The van der Waals surface area contributed by atoms with Crippen molar-refractivity contribution in [3.8, 4) is 17.2 Å². The summed E-state index contributed by atoms with van der Waals surface area (Å²) in [6.07, 6.45) is -0.819. The predicted molar refractivity (Wildman–Crippen MR) is 88.7 cm³/mol. The van der Waals surface area contributed by atoms with Gasteiger partial charge in [-0.15, -0.1) is 0 Å². The smallest absolute Gasteiger partial charge is 0.347 e. The Morgan fingerprint density at radius 2 is 1.88 bits per heavy atom. The SMILES string of the molecule is C[C@H](Oc1ccccc1)C(=O)OCC(=O)Nc1ccc2c(c1)OCO2. The van der Waals surface area contributed by atoms with Gasteiger partial charge in [-0.2, -0.15) is 0 Å². The standard InChI is InChI=1S/C18H17NO6/c1-12(25-14-5-3-2-4-6-14)18(21)22-10-17(20)19-13-7-8-15-16(9-13)24-11-23-15/h2-9,12H,10-11H2,1H3,(H,19,20)/t12-/m0/s1. The maximum Gasteiger partial charge on any atom is 0.347 e. The van der Waals surface area contributed by atoms with E-state index in [9.17, 15) is 9.59 Å². The van der Waals surface area contributed by atoms with Gasteiger partial charge in [0.1, 0.15) is 5.75 Å². The molecule has 1 N–H and O–H groups in total. The van der Waals surface area contributed by atoms with Crippen LogP contribution in [0.1, 0.15) is 6.92 Å². The van der Waals surface area contributed by atoms with Gasteiger partial charge in [-0.25, -0.2) is 4.79 Å². The first-order valence-electron chi connectivity index (χ1n) is 7.69. The number of fused-ring (bicyclic) bond motifs is 1. The van der Waals surface area contributed by atoms with Gasteiger partial charge in [0, 0.05) is 11.8 Å². The molecule has 130 valence electrons. The normalized spacial score (nSPS) is 13.0. The van der Waals surface area contributed by atoms with Crippen molar-refractivity contribution in [2.24, 2.45) is 0 Å². The van der Waals surface area contributed by atoms with E-state index in [1.807, 2.05) is 6.07 Å². The molecule has 0 saturated heterocycles. The highest BCUT2D eigenvalue weighted by Crippen LogP contribution is 2.34. The summed E-state index contributed by atoms with van der Waals surface area (Å²) in [6, 6.07) is 13.9. The van der Waals surface area contributed by atoms with Crippen molar-refractivity contribution in [1.82, 2.24) is 0 Å². The van der Waals surface area contributed by atoms with Gasteiger partial charge in [0.15, 0.2) is 24.2 Å². The van der Waals surface area contributed by atoms with E-state index < -0.39 is 24.6 Å². The monoisotopic (exact) mass is 343 g/mol. The van der Waals surface area contributed by atoms with E-state index in [0.29, 0.717) is 22.9 Å². The van der Waals surface area contributed by atoms with Crippen LogP contribution in [-0.2, 0) is 14.3 Å². The molecule has 0 saturated carbocycles. The Morgan fingerprint density at radius 1 is 1.12 bits per heavy atom. The van der Waals surface area contributed by atoms with Gasteiger partial charge in [-0.3, -0.25) is 4.79 Å². The number of rotatable bonds is 6. The molecule has 7 nitrogen and oxygen atoms in total. The van der Waals surface area contributed by atoms with Crippen molar-refractivity contribution in [3.05, 3.63) is 48.5 Å². The number of carbonyl (C=O) groups excluding carboxylic acids is 2. The first-order valence-corrected chi connectivity index (χ1v) is 7.69. The second-order valence-electron chi connectivity index (χ2n) is 5.30. The summed E-state index contributed by atoms with van der Waals surface area (Å²) < 4.78 is 20.8. The van der Waals surface area contributed by atoms with E-state index in [1.54, 1.807) is 49.4 Å². The lowest BCUT2D eigenvalue weighted by Crippen LogP contribution is -2.29. The molecular weight excluding hydrogens is 326 g/mol. The van der Waals surface area contributed by atoms with Crippen molar-refractivity contribution < 1.29 is 28.5 Å². The quantitative estimate of drug-likeness (QED) is 0.811. The minimum atomic E-state index is -0.819. The van der Waals surface area contributed by atoms with E-state index in [4.69, 9.17) is 18.9 Å². The van der Waals surface area contributed by atoms with Gasteiger partial charge >= 0.3 is 5.97 Å². The molecule has 25 heavy (non-hydrogen) atoms. The van der Waals surface area contributed by atoms with E-state index in [-0.39, 0.29) is 6.79 Å². The van der Waals surface area contributed by atoms with Gasteiger partial charge < -0.3 is 24.3 Å². The van der Waals surface area contributed by atoms with Crippen LogP contribution < -0.4 is 19.5 Å².